The maximum absolute atomic E-state index is 12.4. The van der Waals surface area contributed by atoms with Crippen molar-refractivity contribution in [3.8, 4) is 11.1 Å². The SMILES string of the molecule is CNCc1ccc(C(=NN)OCc2cc(-c3ccc(S(=O)(=O)C(C)C)cc3)cnc2N)cc1. The van der Waals surface area contributed by atoms with Crippen LogP contribution in [-0.4, -0.2) is 31.6 Å². The van der Waals surface area contributed by atoms with Gasteiger partial charge in [0.1, 0.15) is 12.4 Å². The third-order valence-electron chi connectivity index (χ3n) is 5.20. The molecule has 0 aliphatic carbocycles. The van der Waals surface area contributed by atoms with E-state index < -0.39 is 15.1 Å². The standard InChI is InChI=1S/C24H29N5O3S/c1-16(2)33(30,31)22-10-8-18(9-11-22)20-12-21(23(25)28-14-20)15-32-24(29-26)19-6-4-17(5-7-19)13-27-3/h4-12,14,16,27H,13,15,26H2,1-3H3,(H2,25,28). The molecule has 0 atom stereocenters. The zero-order valence-corrected chi connectivity index (χ0v) is 19.8. The number of sulfone groups is 1. The van der Waals surface area contributed by atoms with E-state index in [0.717, 1.165) is 28.8 Å². The lowest BCUT2D eigenvalue weighted by Crippen LogP contribution is -2.13. The average molecular weight is 468 g/mol. The number of ether oxygens (including phenoxy) is 1. The fraction of sp³-hybridized carbons (Fsp3) is 0.250. The number of benzene rings is 2. The molecule has 8 nitrogen and oxygen atoms in total. The molecule has 3 aromatic rings. The maximum atomic E-state index is 12.4. The first kappa shape index (κ1) is 24.2. The Hall–Kier alpha value is -3.43. The first-order valence-corrected chi connectivity index (χ1v) is 12.0. The third kappa shape index (κ3) is 5.68. The number of aromatic nitrogens is 1. The van der Waals surface area contributed by atoms with Gasteiger partial charge < -0.3 is 21.6 Å². The molecule has 9 heteroatoms. The van der Waals surface area contributed by atoms with Gasteiger partial charge in [-0.15, -0.1) is 5.10 Å². The van der Waals surface area contributed by atoms with E-state index in [1.54, 1.807) is 44.3 Å². The Balaban J connectivity index is 1.77. The summed E-state index contributed by atoms with van der Waals surface area (Å²) in [5.41, 5.74) is 10.2. The van der Waals surface area contributed by atoms with Gasteiger partial charge in [0.2, 0.25) is 5.90 Å². The van der Waals surface area contributed by atoms with Gasteiger partial charge in [0, 0.05) is 29.4 Å². The summed E-state index contributed by atoms with van der Waals surface area (Å²) in [7, 11) is -1.44. The topological polar surface area (TPSA) is 133 Å². The number of rotatable bonds is 8. The summed E-state index contributed by atoms with van der Waals surface area (Å²) in [6.45, 7) is 4.21. The molecule has 0 amide bonds. The van der Waals surface area contributed by atoms with E-state index in [0.29, 0.717) is 17.3 Å². The van der Waals surface area contributed by atoms with Crippen molar-refractivity contribution in [2.45, 2.75) is 37.1 Å². The summed E-state index contributed by atoms with van der Waals surface area (Å²) in [6, 6.07) is 16.3. The van der Waals surface area contributed by atoms with Gasteiger partial charge in [-0.3, -0.25) is 0 Å². The van der Waals surface area contributed by atoms with Crippen LogP contribution in [0.3, 0.4) is 0 Å². The van der Waals surface area contributed by atoms with Crippen LogP contribution >= 0.6 is 0 Å². The van der Waals surface area contributed by atoms with Crippen molar-refractivity contribution >= 4 is 21.6 Å². The van der Waals surface area contributed by atoms with Gasteiger partial charge in [-0.2, -0.15) is 0 Å². The zero-order valence-electron chi connectivity index (χ0n) is 18.9. The van der Waals surface area contributed by atoms with Gasteiger partial charge in [-0.1, -0.05) is 24.3 Å². The first-order valence-electron chi connectivity index (χ1n) is 10.5. The molecule has 3 rings (SSSR count). The Morgan fingerprint density at radius 1 is 1.09 bits per heavy atom. The molecule has 0 aliphatic rings. The minimum atomic E-state index is -3.33. The van der Waals surface area contributed by atoms with Crippen LogP contribution in [-0.2, 0) is 27.7 Å². The average Bonchev–Trinajstić information content (AvgIpc) is 2.81. The van der Waals surface area contributed by atoms with Gasteiger partial charge >= 0.3 is 0 Å². The molecule has 1 heterocycles. The minimum absolute atomic E-state index is 0.126. The van der Waals surface area contributed by atoms with Crippen molar-refractivity contribution in [1.82, 2.24) is 10.3 Å². The fourth-order valence-corrected chi connectivity index (χ4v) is 4.27. The van der Waals surface area contributed by atoms with Crippen molar-refractivity contribution in [1.29, 1.82) is 0 Å². The van der Waals surface area contributed by atoms with Gasteiger partial charge in [-0.25, -0.2) is 13.4 Å². The summed E-state index contributed by atoms with van der Waals surface area (Å²) in [6.07, 6.45) is 1.64. The Labute approximate surface area is 194 Å². The third-order valence-corrected chi connectivity index (χ3v) is 7.37. The monoisotopic (exact) mass is 467 g/mol. The van der Waals surface area contributed by atoms with Crippen molar-refractivity contribution in [2.75, 3.05) is 12.8 Å². The van der Waals surface area contributed by atoms with E-state index in [-0.39, 0.29) is 11.5 Å². The molecule has 5 N–H and O–H groups in total. The van der Waals surface area contributed by atoms with Crippen molar-refractivity contribution in [3.05, 3.63) is 77.5 Å². The number of pyridine rings is 1. The molecule has 0 saturated carbocycles. The second-order valence-corrected chi connectivity index (χ2v) is 10.3. The van der Waals surface area contributed by atoms with E-state index >= 15 is 0 Å². The highest BCUT2D eigenvalue weighted by atomic mass is 32.2. The smallest absolute Gasteiger partial charge is 0.237 e. The molecule has 0 radical (unpaired) electrons. The van der Waals surface area contributed by atoms with Crippen LogP contribution in [0.25, 0.3) is 11.1 Å². The Kier molecular flexibility index (Phi) is 7.67. The predicted octanol–water partition coefficient (Wildman–Crippen LogP) is 3.07. The van der Waals surface area contributed by atoms with Gasteiger partial charge in [-0.05, 0) is 62.4 Å². The van der Waals surface area contributed by atoms with Crippen LogP contribution in [0.15, 0.2) is 70.8 Å². The lowest BCUT2D eigenvalue weighted by molar-refractivity contribution is 0.293. The van der Waals surface area contributed by atoms with Gasteiger partial charge in [0.15, 0.2) is 9.84 Å². The summed E-state index contributed by atoms with van der Waals surface area (Å²) < 4.78 is 30.5. The molecule has 0 fully saturated rings. The number of nitrogen functional groups attached to an aromatic ring is 1. The molecule has 0 saturated heterocycles. The number of hydrogen-bond donors (Lipinski definition) is 3. The van der Waals surface area contributed by atoms with Crippen molar-refractivity contribution < 1.29 is 13.2 Å². The van der Waals surface area contributed by atoms with Gasteiger partial charge in [0.25, 0.3) is 0 Å². The molecule has 2 aromatic carbocycles. The van der Waals surface area contributed by atoms with Crippen LogP contribution in [0.2, 0.25) is 0 Å². The minimum Gasteiger partial charge on any atom is -0.471 e. The van der Waals surface area contributed by atoms with E-state index in [1.807, 2.05) is 37.4 Å². The van der Waals surface area contributed by atoms with Crippen molar-refractivity contribution in [2.24, 2.45) is 10.9 Å². The number of hydrazone groups is 1. The summed E-state index contributed by atoms with van der Waals surface area (Å²) in [4.78, 5) is 4.55. The Morgan fingerprint density at radius 2 is 1.76 bits per heavy atom. The predicted molar refractivity (Wildman–Crippen MR) is 131 cm³/mol. The summed E-state index contributed by atoms with van der Waals surface area (Å²) in [5.74, 6) is 6.17. The van der Waals surface area contributed by atoms with Crippen LogP contribution in [0.4, 0.5) is 5.82 Å². The molecule has 1 aromatic heterocycles. The van der Waals surface area contributed by atoms with E-state index in [4.69, 9.17) is 16.3 Å². The second kappa shape index (κ2) is 10.5. The van der Waals surface area contributed by atoms with Crippen LogP contribution in [0.1, 0.15) is 30.5 Å². The van der Waals surface area contributed by atoms with Crippen LogP contribution in [0.5, 0.6) is 0 Å². The van der Waals surface area contributed by atoms with E-state index in [1.165, 1.54) is 0 Å². The van der Waals surface area contributed by atoms with E-state index in [2.05, 4.69) is 15.4 Å². The number of nitrogens with two attached hydrogens (primary N) is 2. The molecule has 174 valence electrons. The summed E-state index contributed by atoms with van der Waals surface area (Å²) in [5, 5.41) is 6.38. The van der Waals surface area contributed by atoms with Crippen LogP contribution in [0, 0.1) is 0 Å². The lowest BCUT2D eigenvalue weighted by Gasteiger charge is -2.12. The fourth-order valence-electron chi connectivity index (χ4n) is 3.21. The highest BCUT2D eigenvalue weighted by molar-refractivity contribution is 7.92. The number of hydrogen-bond acceptors (Lipinski definition) is 8. The zero-order chi connectivity index (χ0) is 24.0. The molecule has 0 aliphatic heterocycles. The quantitative estimate of drug-likeness (QED) is 0.201. The number of nitrogens with zero attached hydrogens (tertiary/aromatic N) is 2. The molecule has 0 unspecified atom stereocenters. The highest BCUT2D eigenvalue weighted by Gasteiger charge is 2.19. The largest absolute Gasteiger partial charge is 0.471 e. The Bertz CT molecular complexity index is 1220. The molecule has 0 bridgehead atoms. The van der Waals surface area contributed by atoms with Gasteiger partial charge in [0.05, 0.1) is 10.1 Å². The molecular weight excluding hydrogens is 438 g/mol. The van der Waals surface area contributed by atoms with Crippen LogP contribution < -0.4 is 16.9 Å². The van der Waals surface area contributed by atoms with Crippen molar-refractivity contribution in [3.63, 3.8) is 0 Å². The Morgan fingerprint density at radius 3 is 2.33 bits per heavy atom. The molecule has 0 spiro atoms. The lowest BCUT2D eigenvalue weighted by atomic mass is 10.1. The number of anilines is 1. The number of nitrogens with one attached hydrogen (secondary N) is 1. The maximum Gasteiger partial charge on any atom is 0.237 e. The summed E-state index contributed by atoms with van der Waals surface area (Å²) >= 11 is 0. The van der Waals surface area contributed by atoms with E-state index in [9.17, 15) is 8.42 Å². The normalized spacial score (nSPS) is 12.2. The highest BCUT2D eigenvalue weighted by Crippen LogP contribution is 2.25. The first-order chi connectivity index (χ1) is 15.8. The molecule has 33 heavy (non-hydrogen) atoms. The molecular formula is C24H29N5O3S. The second-order valence-electron chi connectivity index (χ2n) is 7.84.